The van der Waals surface area contributed by atoms with E-state index in [9.17, 15) is 4.79 Å². The molecule has 0 unspecified atom stereocenters. The maximum atomic E-state index is 11.9. The summed E-state index contributed by atoms with van der Waals surface area (Å²) >= 11 is 0. The summed E-state index contributed by atoms with van der Waals surface area (Å²) in [5.41, 5.74) is 4.28. The van der Waals surface area contributed by atoms with Gasteiger partial charge >= 0.3 is 6.03 Å². The third-order valence-electron chi connectivity index (χ3n) is 3.55. The molecule has 0 fully saturated rings. The van der Waals surface area contributed by atoms with Gasteiger partial charge in [0.15, 0.2) is 0 Å². The number of amides is 2. The lowest BCUT2D eigenvalue weighted by Gasteiger charge is -2.13. The topological polar surface area (TPSA) is 44.4 Å². The van der Waals surface area contributed by atoms with Crippen LogP contribution in [0.1, 0.15) is 11.1 Å². The molecule has 4 heteroatoms. The molecule has 0 saturated carbocycles. The minimum Gasteiger partial charge on any atom is -0.378 e. The number of benzene rings is 2. The molecule has 0 aromatic heterocycles. The van der Waals surface area contributed by atoms with Gasteiger partial charge in [0.25, 0.3) is 0 Å². The Hall–Kier alpha value is -2.49. The lowest BCUT2D eigenvalue weighted by molar-refractivity contribution is 0.252. The predicted octanol–water partition coefficient (Wildman–Crippen LogP) is 3.43. The summed E-state index contributed by atoms with van der Waals surface area (Å²) in [5.74, 6) is 0. The summed E-state index contributed by atoms with van der Waals surface area (Å²) < 4.78 is 0. The maximum absolute atomic E-state index is 11.9. The molecule has 2 aromatic rings. The molecule has 0 aliphatic carbocycles. The number of rotatable bonds is 5. The van der Waals surface area contributed by atoms with Crippen molar-refractivity contribution >= 4 is 17.4 Å². The van der Waals surface area contributed by atoms with Crippen LogP contribution in [0.5, 0.6) is 0 Å². The maximum Gasteiger partial charge on any atom is 0.319 e. The van der Waals surface area contributed by atoms with Crippen LogP contribution in [0.4, 0.5) is 16.2 Å². The summed E-state index contributed by atoms with van der Waals surface area (Å²) in [4.78, 5) is 13.9. The number of hydrogen-bond donors (Lipinski definition) is 2. The second kappa shape index (κ2) is 7.50. The lowest BCUT2D eigenvalue weighted by atomic mass is 10.1. The van der Waals surface area contributed by atoms with Gasteiger partial charge in [0.05, 0.1) is 0 Å². The van der Waals surface area contributed by atoms with Crippen LogP contribution in [0.2, 0.25) is 0 Å². The fourth-order valence-corrected chi connectivity index (χ4v) is 2.16. The van der Waals surface area contributed by atoms with Crippen molar-refractivity contribution in [3.8, 4) is 0 Å². The number of anilines is 2. The van der Waals surface area contributed by atoms with Gasteiger partial charge in [-0.1, -0.05) is 30.3 Å². The van der Waals surface area contributed by atoms with Gasteiger partial charge in [-0.2, -0.15) is 0 Å². The highest BCUT2D eigenvalue weighted by atomic mass is 16.2. The van der Waals surface area contributed by atoms with Gasteiger partial charge in [-0.15, -0.1) is 0 Å². The van der Waals surface area contributed by atoms with E-state index in [1.54, 1.807) is 0 Å². The van der Waals surface area contributed by atoms with E-state index < -0.39 is 0 Å². The second-order valence-electron chi connectivity index (χ2n) is 5.51. The quantitative estimate of drug-likeness (QED) is 0.888. The molecule has 2 amide bonds. The minimum absolute atomic E-state index is 0.167. The SMILES string of the molecule is Cc1ccccc1NC(=O)NCCc1ccc(N(C)C)cc1. The van der Waals surface area contributed by atoms with Crippen molar-refractivity contribution in [2.75, 3.05) is 30.9 Å². The van der Waals surface area contributed by atoms with Crippen LogP contribution in [-0.2, 0) is 6.42 Å². The smallest absolute Gasteiger partial charge is 0.319 e. The molecule has 0 saturated heterocycles. The number of aryl methyl sites for hydroxylation is 1. The van der Waals surface area contributed by atoms with Crippen molar-refractivity contribution in [1.29, 1.82) is 0 Å². The molecule has 22 heavy (non-hydrogen) atoms. The Kier molecular flexibility index (Phi) is 5.42. The van der Waals surface area contributed by atoms with Gasteiger partial charge < -0.3 is 15.5 Å². The first kappa shape index (κ1) is 15.9. The largest absolute Gasteiger partial charge is 0.378 e. The number of para-hydroxylation sites is 1. The van der Waals surface area contributed by atoms with Gasteiger partial charge in [0, 0.05) is 32.0 Å². The highest BCUT2D eigenvalue weighted by Crippen LogP contribution is 2.13. The van der Waals surface area contributed by atoms with E-state index >= 15 is 0 Å². The van der Waals surface area contributed by atoms with Crippen LogP contribution in [0.25, 0.3) is 0 Å². The number of carbonyl (C=O) groups excluding carboxylic acids is 1. The van der Waals surface area contributed by atoms with Gasteiger partial charge in [-0.25, -0.2) is 4.79 Å². The lowest BCUT2D eigenvalue weighted by Crippen LogP contribution is -2.30. The van der Waals surface area contributed by atoms with Gasteiger partial charge in [0.1, 0.15) is 0 Å². The molecule has 0 bridgehead atoms. The number of nitrogens with zero attached hydrogens (tertiary/aromatic N) is 1. The van der Waals surface area contributed by atoms with Gasteiger partial charge in [0.2, 0.25) is 0 Å². The van der Waals surface area contributed by atoms with E-state index in [-0.39, 0.29) is 6.03 Å². The molecule has 0 spiro atoms. The van der Waals surface area contributed by atoms with E-state index in [2.05, 4.69) is 39.8 Å². The molecule has 0 atom stereocenters. The van der Waals surface area contributed by atoms with E-state index in [4.69, 9.17) is 0 Å². The van der Waals surface area contributed by atoms with Crippen molar-refractivity contribution in [3.05, 3.63) is 59.7 Å². The summed E-state index contributed by atoms with van der Waals surface area (Å²) in [5, 5.41) is 5.75. The van der Waals surface area contributed by atoms with Crippen molar-refractivity contribution in [3.63, 3.8) is 0 Å². The summed E-state index contributed by atoms with van der Waals surface area (Å²) in [6.45, 7) is 2.58. The molecular weight excluding hydrogens is 274 g/mol. The first-order chi connectivity index (χ1) is 10.6. The van der Waals surface area contributed by atoms with Crippen molar-refractivity contribution in [2.45, 2.75) is 13.3 Å². The van der Waals surface area contributed by atoms with Gasteiger partial charge in [-0.3, -0.25) is 0 Å². The zero-order valence-electron chi connectivity index (χ0n) is 13.4. The summed E-state index contributed by atoms with van der Waals surface area (Å²) in [6, 6.07) is 15.9. The van der Waals surface area contributed by atoms with E-state index in [0.717, 1.165) is 17.7 Å². The third kappa shape index (κ3) is 4.52. The van der Waals surface area contributed by atoms with Gasteiger partial charge in [-0.05, 0) is 42.7 Å². The Balaban J connectivity index is 1.78. The van der Waals surface area contributed by atoms with E-state index in [0.29, 0.717) is 6.54 Å². The van der Waals surface area contributed by atoms with Crippen molar-refractivity contribution < 1.29 is 4.79 Å². The summed E-state index contributed by atoms with van der Waals surface area (Å²) in [7, 11) is 4.04. The van der Waals surface area contributed by atoms with Crippen molar-refractivity contribution in [1.82, 2.24) is 5.32 Å². The third-order valence-corrected chi connectivity index (χ3v) is 3.55. The number of nitrogens with one attached hydrogen (secondary N) is 2. The molecule has 2 N–H and O–H groups in total. The highest BCUT2D eigenvalue weighted by molar-refractivity contribution is 5.89. The number of carbonyl (C=O) groups is 1. The van der Waals surface area contributed by atoms with E-state index in [1.807, 2.05) is 45.3 Å². The standard InChI is InChI=1S/C18H23N3O/c1-14-6-4-5-7-17(14)20-18(22)19-13-12-15-8-10-16(11-9-15)21(2)3/h4-11H,12-13H2,1-3H3,(H2,19,20,22). The van der Waals surface area contributed by atoms with E-state index in [1.165, 1.54) is 11.3 Å². The fourth-order valence-electron chi connectivity index (χ4n) is 2.16. The summed E-state index contributed by atoms with van der Waals surface area (Å²) in [6.07, 6.45) is 0.814. The van der Waals surface area contributed by atoms with Crippen LogP contribution >= 0.6 is 0 Å². The normalized spacial score (nSPS) is 10.1. The number of urea groups is 1. The van der Waals surface area contributed by atoms with Crippen LogP contribution < -0.4 is 15.5 Å². The molecule has 0 heterocycles. The van der Waals surface area contributed by atoms with Crippen LogP contribution in [0.15, 0.2) is 48.5 Å². The zero-order chi connectivity index (χ0) is 15.9. The monoisotopic (exact) mass is 297 g/mol. The first-order valence-corrected chi connectivity index (χ1v) is 7.43. The van der Waals surface area contributed by atoms with Crippen LogP contribution in [-0.4, -0.2) is 26.7 Å². The highest BCUT2D eigenvalue weighted by Gasteiger charge is 2.03. The van der Waals surface area contributed by atoms with Crippen LogP contribution in [0, 0.1) is 6.92 Å². The van der Waals surface area contributed by atoms with Crippen molar-refractivity contribution in [2.24, 2.45) is 0 Å². The minimum atomic E-state index is -0.167. The Morgan fingerprint density at radius 3 is 2.36 bits per heavy atom. The Morgan fingerprint density at radius 1 is 1.05 bits per heavy atom. The Bertz CT molecular complexity index is 620. The fraction of sp³-hybridized carbons (Fsp3) is 0.278. The molecule has 0 aliphatic heterocycles. The molecule has 4 nitrogen and oxygen atoms in total. The average Bonchev–Trinajstić information content (AvgIpc) is 2.50. The molecular formula is C18H23N3O. The average molecular weight is 297 g/mol. The molecule has 0 aliphatic rings. The second-order valence-corrected chi connectivity index (χ2v) is 5.51. The Morgan fingerprint density at radius 2 is 1.73 bits per heavy atom. The molecule has 116 valence electrons. The predicted molar refractivity (Wildman–Crippen MR) is 92.7 cm³/mol. The zero-order valence-corrected chi connectivity index (χ0v) is 13.4. The van der Waals surface area contributed by atoms with Crippen LogP contribution in [0.3, 0.4) is 0 Å². The Labute approximate surface area is 132 Å². The number of hydrogen-bond acceptors (Lipinski definition) is 2. The molecule has 0 radical (unpaired) electrons. The molecule has 2 aromatic carbocycles. The first-order valence-electron chi connectivity index (χ1n) is 7.43. The molecule has 2 rings (SSSR count).